The van der Waals surface area contributed by atoms with Gasteiger partial charge in [-0.05, 0) is 83.5 Å². The van der Waals surface area contributed by atoms with Crippen LogP contribution in [0.1, 0.15) is 400 Å². The average Bonchev–Trinajstić information content (AvgIpc) is 3.47. The molecule has 0 aliphatic rings. The summed E-state index contributed by atoms with van der Waals surface area (Å²) in [5.74, 6) is -0.865. The molecule has 0 saturated carbocycles. The summed E-state index contributed by atoms with van der Waals surface area (Å²) in [7, 11) is 0. The van der Waals surface area contributed by atoms with Gasteiger partial charge < -0.3 is 14.2 Å². The quantitative estimate of drug-likeness (QED) is 0.0261. The van der Waals surface area contributed by atoms with Crippen LogP contribution in [0.15, 0.2) is 48.6 Å². The third-order valence-electron chi connectivity index (χ3n) is 16.6. The van der Waals surface area contributed by atoms with Crippen molar-refractivity contribution in [1.82, 2.24) is 0 Å². The Morgan fingerprint density at radius 1 is 0.244 bits per heavy atom. The molecule has 82 heavy (non-hydrogen) atoms. The molecule has 0 aliphatic carbocycles. The zero-order valence-corrected chi connectivity index (χ0v) is 55.3. The molecule has 0 N–H and O–H groups in total. The smallest absolute Gasteiger partial charge is 0.306 e. The number of hydrogen-bond donors (Lipinski definition) is 0. The van der Waals surface area contributed by atoms with Crippen molar-refractivity contribution in [2.75, 3.05) is 13.2 Å². The Morgan fingerprint density at radius 2 is 0.439 bits per heavy atom. The maximum atomic E-state index is 13.0. The van der Waals surface area contributed by atoms with E-state index >= 15 is 0 Å². The van der Waals surface area contributed by atoms with Crippen LogP contribution in [0.4, 0.5) is 0 Å². The Balaban J connectivity index is 4.32. The van der Waals surface area contributed by atoms with Crippen LogP contribution in [-0.2, 0) is 28.6 Å². The highest BCUT2D eigenvalue weighted by atomic mass is 16.6. The van der Waals surface area contributed by atoms with Crippen LogP contribution < -0.4 is 0 Å². The fourth-order valence-corrected chi connectivity index (χ4v) is 11.0. The van der Waals surface area contributed by atoms with E-state index in [-0.39, 0.29) is 31.1 Å². The summed E-state index contributed by atoms with van der Waals surface area (Å²) in [6.45, 7) is 6.69. The number of hydrogen-bond acceptors (Lipinski definition) is 6. The van der Waals surface area contributed by atoms with E-state index in [9.17, 15) is 14.4 Å². The Labute approximate surface area is 511 Å². The summed E-state index contributed by atoms with van der Waals surface area (Å²) in [5, 5.41) is 0. The number of rotatable bonds is 68. The summed E-state index contributed by atoms with van der Waals surface area (Å²) < 4.78 is 17.0. The van der Waals surface area contributed by atoms with E-state index < -0.39 is 6.10 Å². The maximum Gasteiger partial charge on any atom is 0.306 e. The molecule has 0 fully saturated rings. The lowest BCUT2D eigenvalue weighted by atomic mass is 10.0. The second-order valence-corrected chi connectivity index (χ2v) is 24.9. The standard InChI is InChI=1S/C76H140O6/c1-4-7-10-13-16-19-22-25-28-31-34-36-37-38-39-41-42-45-48-51-54-57-60-63-66-69-75(78)81-72-73(71-80-74(77)68-65-62-59-56-53-50-47-44-33-30-27-24-21-18-15-12-9-6-3)82-76(79)70-67-64-61-58-55-52-49-46-43-40-35-32-29-26-23-20-17-14-11-8-5-2/h23,26,30,32-33,35,43,46,73H,4-22,24-25,27-29,31,34,36-42,44-45,47-72H2,1-3H3/b26-23-,33-30-,35-32-,46-43-. The minimum atomic E-state index is -0.782. The number of carbonyl (C=O) groups is 3. The number of allylic oxidation sites excluding steroid dienone is 8. The SMILES string of the molecule is CCCCCCC/C=C\C/C=C\C/C=C\CCCCCCCCC(=O)OC(COC(=O)CCCCCCCCC/C=C\CCCCCCCCC)COC(=O)CCCCCCCCCCCCCCCCCCCCCCCCCCC. The van der Waals surface area contributed by atoms with E-state index in [4.69, 9.17) is 14.2 Å². The highest BCUT2D eigenvalue weighted by molar-refractivity contribution is 5.71. The van der Waals surface area contributed by atoms with Gasteiger partial charge in [0.25, 0.3) is 0 Å². The van der Waals surface area contributed by atoms with Crippen molar-refractivity contribution in [2.45, 2.75) is 406 Å². The van der Waals surface area contributed by atoms with Gasteiger partial charge >= 0.3 is 17.9 Å². The molecular weight excluding hydrogens is 1010 g/mol. The molecule has 0 heterocycles. The second kappa shape index (κ2) is 70.9. The monoisotopic (exact) mass is 1150 g/mol. The zero-order chi connectivity index (χ0) is 59.2. The van der Waals surface area contributed by atoms with Crippen molar-refractivity contribution in [2.24, 2.45) is 0 Å². The van der Waals surface area contributed by atoms with Gasteiger partial charge in [-0.25, -0.2) is 0 Å². The van der Waals surface area contributed by atoms with E-state index in [1.165, 1.54) is 283 Å². The fraction of sp³-hybridized carbons (Fsp3) is 0.855. The normalized spacial score (nSPS) is 12.3. The van der Waals surface area contributed by atoms with Gasteiger partial charge in [-0.3, -0.25) is 14.4 Å². The van der Waals surface area contributed by atoms with Crippen molar-refractivity contribution in [1.29, 1.82) is 0 Å². The summed E-state index contributed by atoms with van der Waals surface area (Å²) in [6, 6.07) is 0. The lowest BCUT2D eigenvalue weighted by Gasteiger charge is -2.18. The highest BCUT2D eigenvalue weighted by Crippen LogP contribution is 2.18. The topological polar surface area (TPSA) is 78.9 Å². The van der Waals surface area contributed by atoms with Crippen LogP contribution in [0.25, 0.3) is 0 Å². The van der Waals surface area contributed by atoms with Crippen LogP contribution in [0.2, 0.25) is 0 Å². The van der Waals surface area contributed by atoms with Crippen LogP contribution >= 0.6 is 0 Å². The average molecular weight is 1150 g/mol. The summed E-state index contributed by atoms with van der Waals surface area (Å²) in [6.07, 6.45) is 90.0. The van der Waals surface area contributed by atoms with Crippen molar-refractivity contribution in [3.63, 3.8) is 0 Å². The fourth-order valence-electron chi connectivity index (χ4n) is 11.0. The zero-order valence-electron chi connectivity index (χ0n) is 55.3. The second-order valence-electron chi connectivity index (χ2n) is 24.9. The Bertz CT molecular complexity index is 1410. The minimum Gasteiger partial charge on any atom is -0.462 e. The van der Waals surface area contributed by atoms with E-state index in [1.807, 2.05) is 0 Å². The van der Waals surface area contributed by atoms with Gasteiger partial charge in [-0.2, -0.15) is 0 Å². The highest BCUT2D eigenvalue weighted by Gasteiger charge is 2.19. The molecule has 0 rings (SSSR count). The van der Waals surface area contributed by atoms with Gasteiger partial charge in [0.05, 0.1) is 0 Å². The molecule has 0 radical (unpaired) electrons. The van der Waals surface area contributed by atoms with E-state index in [2.05, 4.69) is 69.4 Å². The number of carbonyl (C=O) groups excluding carboxylic acids is 3. The molecule has 6 heteroatoms. The van der Waals surface area contributed by atoms with Crippen molar-refractivity contribution in [3.8, 4) is 0 Å². The third kappa shape index (κ3) is 68.2. The molecule has 1 atom stereocenters. The van der Waals surface area contributed by atoms with Gasteiger partial charge in [-0.15, -0.1) is 0 Å². The third-order valence-corrected chi connectivity index (χ3v) is 16.6. The summed E-state index contributed by atoms with van der Waals surface area (Å²) in [4.78, 5) is 38.5. The van der Waals surface area contributed by atoms with Crippen molar-refractivity contribution >= 4 is 17.9 Å². The van der Waals surface area contributed by atoms with Crippen molar-refractivity contribution < 1.29 is 28.6 Å². The first-order chi connectivity index (χ1) is 40.5. The molecule has 0 saturated heterocycles. The number of esters is 3. The molecule has 0 aromatic rings. The van der Waals surface area contributed by atoms with Crippen LogP contribution in [-0.4, -0.2) is 37.2 Å². The van der Waals surface area contributed by atoms with Crippen LogP contribution in [0.3, 0.4) is 0 Å². The largest absolute Gasteiger partial charge is 0.462 e. The van der Waals surface area contributed by atoms with Gasteiger partial charge in [0.2, 0.25) is 0 Å². The van der Waals surface area contributed by atoms with Gasteiger partial charge in [0.15, 0.2) is 6.10 Å². The maximum absolute atomic E-state index is 13.0. The molecule has 0 aromatic heterocycles. The molecule has 0 spiro atoms. The van der Waals surface area contributed by atoms with Gasteiger partial charge in [0, 0.05) is 19.3 Å². The molecule has 0 bridgehead atoms. The molecule has 480 valence electrons. The van der Waals surface area contributed by atoms with Crippen LogP contribution in [0.5, 0.6) is 0 Å². The van der Waals surface area contributed by atoms with Gasteiger partial charge in [0.1, 0.15) is 13.2 Å². The summed E-state index contributed by atoms with van der Waals surface area (Å²) in [5.41, 5.74) is 0. The predicted molar refractivity (Wildman–Crippen MR) is 358 cm³/mol. The van der Waals surface area contributed by atoms with Crippen LogP contribution in [0, 0.1) is 0 Å². The molecule has 0 aromatic carbocycles. The van der Waals surface area contributed by atoms with Gasteiger partial charge in [-0.1, -0.05) is 345 Å². The first kappa shape index (κ1) is 79.4. The molecule has 0 aliphatic heterocycles. The van der Waals surface area contributed by atoms with E-state index in [0.717, 1.165) is 77.0 Å². The molecular formula is C76H140O6. The first-order valence-electron chi connectivity index (χ1n) is 36.6. The Hall–Kier alpha value is -2.63. The Kier molecular flexibility index (Phi) is 68.6. The lowest BCUT2D eigenvalue weighted by Crippen LogP contribution is -2.30. The minimum absolute atomic E-state index is 0.0757. The number of ether oxygens (including phenoxy) is 3. The van der Waals surface area contributed by atoms with E-state index in [1.54, 1.807) is 0 Å². The number of unbranched alkanes of at least 4 members (excludes halogenated alkanes) is 49. The molecule has 1 unspecified atom stereocenters. The van der Waals surface area contributed by atoms with Crippen molar-refractivity contribution in [3.05, 3.63) is 48.6 Å². The Morgan fingerprint density at radius 3 is 0.695 bits per heavy atom. The lowest BCUT2D eigenvalue weighted by molar-refractivity contribution is -0.167. The first-order valence-corrected chi connectivity index (χ1v) is 36.6. The molecule has 0 amide bonds. The summed E-state index contributed by atoms with van der Waals surface area (Å²) >= 11 is 0. The predicted octanol–water partition coefficient (Wildman–Crippen LogP) is 25.3. The van der Waals surface area contributed by atoms with E-state index in [0.29, 0.717) is 19.3 Å². The molecule has 6 nitrogen and oxygen atoms in total.